The Bertz CT molecular complexity index is 1200. The van der Waals surface area contributed by atoms with Gasteiger partial charge in [0.15, 0.2) is 0 Å². The van der Waals surface area contributed by atoms with Gasteiger partial charge in [-0.25, -0.2) is 0 Å². The van der Waals surface area contributed by atoms with Gasteiger partial charge in [-0.15, -0.1) is 11.3 Å². The number of hydrogen-bond acceptors (Lipinski definition) is 6. The second-order valence-electron chi connectivity index (χ2n) is 7.67. The van der Waals surface area contributed by atoms with Crippen molar-refractivity contribution in [2.45, 2.75) is 6.92 Å². The lowest BCUT2D eigenvalue weighted by Crippen LogP contribution is -2.50. The fourth-order valence-electron chi connectivity index (χ4n) is 3.68. The predicted octanol–water partition coefficient (Wildman–Crippen LogP) is 4.17. The second kappa shape index (κ2) is 9.23. The largest absolute Gasteiger partial charge is 0.335 e. The lowest BCUT2D eigenvalue weighted by molar-refractivity contribution is -0.384. The molecule has 166 valence electrons. The average Bonchev–Trinajstić information content (AvgIpc) is 3.09. The number of nitrogens with one attached hydrogen (secondary N) is 1. The molecular weight excluding hydrogens is 452 g/mol. The highest BCUT2D eigenvalue weighted by molar-refractivity contribution is 7.21. The van der Waals surface area contributed by atoms with E-state index in [9.17, 15) is 19.7 Å². The molecule has 1 fully saturated rings. The first-order chi connectivity index (χ1) is 15.3. The Morgan fingerprint density at radius 1 is 1.16 bits per heavy atom. The van der Waals surface area contributed by atoms with Crippen molar-refractivity contribution >= 4 is 56.2 Å². The molecule has 2 aromatic carbocycles. The van der Waals surface area contributed by atoms with Gasteiger partial charge in [-0.2, -0.15) is 0 Å². The molecule has 0 unspecified atom stereocenters. The molecule has 3 aromatic rings. The number of carbonyl (C=O) groups is 2. The number of nitro groups is 1. The van der Waals surface area contributed by atoms with Crippen LogP contribution in [0.5, 0.6) is 0 Å². The molecule has 32 heavy (non-hydrogen) atoms. The highest BCUT2D eigenvalue weighted by Gasteiger charge is 2.27. The van der Waals surface area contributed by atoms with E-state index in [0.29, 0.717) is 46.2 Å². The smallest absolute Gasteiger partial charge is 0.270 e. The Hall–Kier alpha value is -3.01. The maximum absolute atomic E-state index is 13.0. The molecule has 10 heteroatoms. The summed E-state index contributed by atoms with van der Waals surface area (Å²) >= 11 is 7.58. The van der Waals surface area contributed by atoms with Gasteiger partial charge >= 0.3 is 0 Å². The molecule has 0 bridgehead atoms. The number of benzene rings is 2. The molecule has 0 radical (unpaired) electrons. The van der Waals surface area contributed by atoms with E-state index in [1.54, 1.807) is 11.0 Å². The van der Waals surface area contributed by atoms with E-state index in [4.69, 9.17) is 11.6 Å². The average molecular weight is 473 g/mol. The Morgan fingerprint density at radius 2 is 1.91 bits per heavy atom. The van der Waals surface area contributed by atoms with Gasteiger partial charge < -0.3 is 10.2 Å². The summed E-state index contributed by atoms with van der Waals surface area (Å²) < 4.78 is 0.610. The number of amides is 2. The molecule has 2 amide bonds. The quantitative estimate of drug-likeness (QED) is 0.444. The van der Waals surface area contributed by atoms with Crippen LogP contribution in [0, 0.1) is 17.0 Å². The van der Waals surface area contributed by atoms with Crippen LogP contribution in [0.4, 0.5) is 11.4 Å². The van der Waals surface area contributed by atoms with E-state index >= 15 is 0 Å². The SMILES string of the molecule is Cc1cccc(NC(=O)CN2CCN(C(=O)c3sc4cc([N+](=O)[O-])ccc4c3Cl)CC2)c1. The molecule has 0 aliphatic carbocycles. The third-order valence-corrected chi connectivity index (χ3v) is 6.99. The van der Waals surface area contributed by atoms with Gasteiger partial charge in [0.05, 0.1) is 16.5 Å². The summed E-state index contributed by atoms with van der Waals surface area (Å²) in [5, 5.41) is 14.9. The maximum Gasteiger partial charge on any atom is 0.270 e. The lowest BCUT2D eigenvalue weighted by atomic mass is 10.2. The van der Waals surface area contributed by atoms with Crippen LogP contribution >= 0.6 is 22.9 Å². The minimum Gasteiger partial charge on any atom is -0.335 e. The number of piperazine rings is 1. The number of anilines is 1. The molecule has 8 nitrogen and oxygen atoms in total. The minimum absolute atomic E-state index is 0.0352. The van der Waals surface area contributed by atoms with Gasteiger partial charge in [0, 0.05) is 54.1 Å². The van der Waals surface area contributed by atoms with Gasteiger partial charge in [0.1, 0.15) is 4.88 Å². The normalized spacial score (nSPS) is 14.5. The van der Waals surface area contributed by atoms with Crippen LogP contribution in [-0.4, -0.2) is 59.3 Å². The number of carbonyl (C=O) groups excluding carboxylic acids is 2. The number of rotatable bonds is 5. The van der Waals surface area contributed by atoms with E-state index in [0.717, 1.165) is 11.3 Å². The van der Waals surface area contributed by atoms with E-state index in [2.05, 4.69) is 5.32 Å². The Labute approximate surface area is 193 Å². The first kappa shape index (κ1) is 22.2. The zero-order valence-electron chi connectivity index (χ0n) is 17.3. The highest BCUT2D eigenvalue weighted by Crippen LogP contribution is 2.38. The summed E-state index contributed by atoms with van der Waals surface area (Å²) in [6.07, 6.45) is 0. The van der Waals surface area contributed by atoms with Crippen LogP contribution in [0.2, 0.25) is 5.02 Å². The topological polar surface area (TPSA) is 95.8 Å². The number of nitro benzene ring substituents is 1. The highest BCUT2D eigenvalue weighted by atomic mass is 35.5. The fraction of sp³-hybridized carbons (Fsp3) is 0.273. The van der Waals surface area contributed by atoms with Crippen molar-refractivity contribution in [2.75, 3.05) is 38.0 Å². The first-order valence-corrected chi connectivity index (χ1v) is 11.3. The number of thiophene rings is 1. The van der Waals surface area contributed by atoms with E-state index in [1.165, 1.54) is 23.5 Å². The maximum atomic E-state index is 13.0. The number of non-ortho nitro benzene ring substituents is 1. The molecule has 0 saturated carbocycles. The molecule has 0 atom stereocenters. The van der Waals surface area contributed by atoms with E-state index in [-0.39, 0.29) is 24.0 Å². The monoisotopic (exact) mass is 472 g/mol. The van der Waals surface area contributed by atoms with Crippen molar-refractivity contribution in [3.05, 3.63) is 68.0 Å². The van der Waals surface area contributed by atoms with Crippen molar-refractivity contribution < 1.29 is 14.5 Å². The number of fused-ring (bicyclic) bond motifs is 1. The molecule has 1 saturated heterocycles. The molecule has 1 aliphatic heterocycles. The van der Waals surface area contributed by atoms with Crippen molar-refractivity contribution in [1.29, 1.82) is 0 Å². The van der Waals surface area contributed by atoms with Gasteiger partial charge in [0.2, 0.25) is 5.91 Å². The van der Waals surface area contributed by atoms with Crippen LogP contribution in [0.3, 0.4) is 0 Å². The Balaban J connectivity index is 1.36. The molecular formula is C22H21ClN4O4S. The third-order valence-electron chi connectivity index (χ3n) is 5.35. The van der Waals surface area contributed by atoms with Crippen LogP contribution in [0.15, 0.2) is 42.5 Å². The van der Waals surface area contributed by atoms with Gasteiger partial charge in [0.25, 0.3) is 11.6 Å². The third kappa shape index (κ3) is 4.74. The van der Waals surface area contributed by atoms with Gasteiger partial charge in [-0.05, 0) is 30.7 Å². The molecule has 0 spiro atoms. The Kier molecular flexibility index (Phi) is 6.40. The summed E-state index contributed by atoms with van der Waals surface area (Å²) in [6, 6.07) is 12.0. The van der Waals surface area contributed by atoms with Crippen LogP contribution in [-0.2, 0) is 4.79 Å². The number of nitrogens with zero attached hydrogens (tertiary/aromatic N) is 3. The zero-order chi connectivity index (χ0) is 22.8. The summed E-state index contributed by atoms with van der Waals surface area (Å²) in [4.78, 5) is 40.0. The summed E-state index contributed by atoms with van der Waals surface area (Å²) in [5.41, 5.74) is 1.81. The van der Waals surface area contributed by atoms with Crippen LogP contribution in [0.1, 0.15) is 15.2 Å². The van der Waals surface area contributed by atoms with Crippen molar-refractivity contribution in [2.24, 2.45) is 0 Å². The number of aryl methyl sites for hydroxylation is 1. The van der Waals surface area contributed by atoms with Gasteiger partial charge in [-0.3, -0.25) is 24.6 Å². The summed E-state index contributed by atoms with van der Waals surface area (Å²) in [7, 11) is 0. The number of hydrogen-bond donors (Lipinski definition) is 1. The summed E-state index contributed by atoms with van der Waals surface area (Å²) in [5.74, 6) is -0.285. The molecule has 4 rings (SSSR count). The van der Waals surface area contributed by atoms with Crippen LogP contribution in [0.25, 0.3) is 10.1 Å². The fourth-order valence-corrected chi connectivity index (χ4v) is 5.20. The minimum atomic E-state index is -0.469. The van der Waals surface area contributed by atoms with Crippen molar-refractivity contribution in [3.8, 4) is 0 Å². The predicted molar refractivity (Wildman–Crippen MR) is 126 cm³/mol. The molecule has 1 aliphatic rings. The molecule has 1 N–H and O–H groups in total. The second-order valence-corrected chi connectivity index (χ2v) is 9.10. The standard InChI is InChI=1S/C22H21ClN4O4S/c1-14-3-2-4-15(11-14)24-19(28)13-25-7-9-26(10-8-25)22(29)21-20(23)17-6-5-16(27(30)31)12-18(17)32-21/h2-6,11-12H,7-10,13H2,1H3,(H,24,28). The van der Waals surface area contributed by atoms with E-state index < -0.39 is 4.92 Å². The van der Waals surface area contributed by atoms with Crippen LogP contribution < -0.4 is 5.32 Å². The first-order valence-electron chi connectivity index (χ1n) is 10.1. The molecule has 2 heterocycles. The van der Waals surface area contributed by atoms with Crippen molar-refractivity contribution in [1.82, 2.24) is 9.80 Å². The Morgan fingerprint density at radius 3 is 2.59 bits per heavy atom. The van der Waals surface area contributed by atoms with Crippen molar-refractivity contribution in [3.63, 3.8) is 0 Å². The molecule has 1 aromatic heterocycles. The number of halogens is 1. The lowest BCUT2D eigenvalue weighted by Gasteiger charge is -2.34. The summed E-state index contributed by atoms with van der Waals surface area (Å²) in [6.45, 7) is 4.31. The van der Waals surface area contributed by atoms with E-state index in [1.807, 2.05) is 36.1 Å². The zero-order valence-corrected chi connectivity index (χ0v) is 18.9. The van der Waals surface area contributed by atoms with Gasteiger partial charge in [-0.1, -0.05) is 23.7 Å².